The Morgan fingerprint density at radius 2 is 1.79 bits per heavy atom. The second kappa shape index (κ2) is 10.4. The van der Waals surface area contributed by atoms with Gasteiger partial charge in [-0.3, -0.25) is 4.79 Å². The lowest BCUT2D eigenvalue weighted by Gasteiger charge is -2.11. The minimum absolute atomic E-state index is 0.0227. The molecule has 4 aromatic rings. The van der Waals surface area contributed by atoms with Crippen molar-refractivity contribution in [2.75, 3.05) is 5.32 Å². The molecule has 0 saturated heterocycles. The fraction of sp³-hybridized carbons (Fsp3) is 0.103. The van der Waals surface area contributed by atoms with Crippen LogP contribution in [0.2, 0.25) is 0 Å². The van der Waals surface area contributed by atoms with Gasteiger partial charge in [-0.05, 0) is 93.1 Å². The monoisotopic (exact) mass is 510 g/mol. The summed E-state index contributed by atoms with van der Waals surface area (Å²) in [5.41, 5.74) is 4.71. The van der Waals surface area contributed by atoms with Gasteiger partial charge in [-0.25, -0.2) is 0 Å². The summed E-state index contributed by atoms with van der Waals surface area (Å²) in [6.45, 7) is 4.42. The molecule has 0 bridgehead atoms. The van der Waals surface area contributed by atoms with Gasteiger partial charge in [0.15, 0.2) is 0 Å². The Balaban J connectivity index is 1.48. The summed E-state index contributed by atoms with van der Waals surface area (Å²) in [5.74, 6) is 0.237. The molecular weight excluding hydrogens is 488 g/mol. The van der Waals surface area contributed by atoms with E-state index in [0.717, 1.165) is 32.1 Å². The maximum atomic E-state index is 12.6. The topological polar surface area (TPSA) is 62.1 Å². The van der Waals surface area contributed by atoms with Crippen LogP contribution in [0.15, 0.2) is 88.9 Å². The van der Waals surface area contributed by atoms with Gasteiger partial charge in [-0.2, -0.15) is 5.26 Å². The van der Waals surface area contributed by atoms with E-state index in [9.17, 15) is 10.1 Å². The van der Waals surface area contributed by atoms with E-state index in [1.165, 1.54) is 5.39 Å². The molecule has 0 aliphatic rings. The lowest BCUT2D eigenvalue weighted by atomic mass is 10.1. The Labute approximate surface area is 207 Å². The second-order valence-electron chi connectivity index (χ2n) is 8.04. The van der Waals surface area contributed by atoms with E-state index in [1.54, 1.807) is 6.08 Å². The molecule has 0 heterocycles. The van der Waals surface area contributed by atoms with E-state index in [1.807, 2.05) is 74.5 Å². The lowest BCUT2D eigenvalue weighted by Crippen LogP contribution is -2.13. The first-order valence-electron chi connectivity index (χ1n) is 10.8. The number of fused-ring (bicyclic) bond motifs is 1. The molecule has 34 heavy (non-hydrogen) atoms. The minimum Gasteiger partial charge on any atom is -0.488 e. The van der Waals surface area contributed by atoms with E-state index < -0.39 is 5.91 Å². The quantitative estimate of drug-likeness (QED) is 0.218. The van der Waals surface area contributed by atoms with E-state index in [0.29, 0.717) is 18.0 Å². The van der Waals surface area contributed by atoms with Gasteiger partial charge in [0.1, 0.15) is 24.0 Å². The van der Waals surface area contributed by atoms with Crippen molar-refractivity contribution in [3.05, 3.63) is 111 Å². The molecule has 1 N–H and O–H groups in total. The highest BCUT2D eigenvalue weighted by Crippen LogP contribution is 2.29. The molecule has 0 aliphatic heterocycles. The van der Waals surface area contributed by atoms with E-state index in [4.69, 9.17) is 4.74 Å². The molecular formula is C29H23BrN2O2. The third kappa shape index (κ3) is 5.36. The van der Waals surface area contributed by atoms with Gasteiger partial charge in [0.05, 0.1) is 4.47 Å². The minimum atomic E-state index is -0.446. The van der Waals surface area contributed by atoms with Crippen LogP contribution in [0.4, 0.5) is 5.69 Å². The number of anilines is 1. The number of nitrogens with zero attached hydrogens (tertiary/aromatic N) is 1. The molecule has 0 atom stereocenters. The number of amides is 1. The van der Waals surface area contributed by atoms with Crippen LogP contribution in [0.5, 0.6) is 5.75 Å². The van der Waals surface area contributed by atoms with E-state index >= 15 is 0 Å². The van der Waals surface area contributed by atoms with Crippen molar-refractivity contribution in [1.29, 1.82) is 5.26 Å². The average molecular weight is 511 g/mol. The third-order valence-corrected chi connectivity index (χ3v) is 6.28. The largest absolute Gasteiger partial charge is 0.488 e. The Morgan fingerprint density at radius 3 is 2.56 bits per heavy atom. The van der Waals surface area contributed by atoms with Crippen LogP contribution in [0.1, 0.15) is 22.3 Å². The Morgan fingerprint density at radius 1 is 1.00 bits per heavy atom. The third-order valence-electron chi connectivity index (χ3n) is 5.66. The molecule has 5 heteroatoms. The van der Waals surface area contributed by atoms with Gasteiger partial charge >= 0.3 is 0 Å². The molecule has 0 radical (unpaired) electrons. The maximum absolute atomic E-state index is 12.6. The number of hydrogen-bond acceptors (Lipinski definition) is 3. The second-order valence-corrected chi connectivity index (χ2v) is 8.89. The van der Waals surface area contributed by atoms with Crippen molar-refractivity contribution in [2.45, 2.75) is 20.5 Å². The first-order chi connectivity index (χ1) is 16.4. The van der Waals surface area contributed by atoms with Gasteiger partial charge in [0.25, 0.3) is 5.91 Å². The lowest BCUT2D eigenvalue weighted by molar-refractivity contribution is -0.112. The van der Waals surface area contributed by atoms with Crippen molar-refractivity contribution < 1.29 is 9.53 Å². The molecule has 168 valence electrons. The van der Waals surface area contributed by atoms with Gasteiger partial charge in [0.2, 0.25) is 0 Å². The predicted molar refractivity (Wildman–Crippen MR) is 141 cm³/mol. The van der Waals surface area contributed by atoms with Gasteiger partial charge in [-0.1, -0.05) is 54.6 Å². The summed E-state index contributed by atoms with van der Waals surface area (Å²) < 4.78 is 6.80. The number of carbonyl (C=O) groups is 1. The van der Waals surface area contributed by atoms with Crippen LogP contribution in [0.25, 0.3) is 16.8 Å². The van der Waals surface area contributed by atoms with Crippen molar-refractivity contribution in [3.63, 3.8) is 0 Å². The van der Waals surface area contributed by atoms with Gasteiger partial charge in [-0.15, -0.1) is 0 Å². The molecule has 0 saturated carbocycles. The number of hydrogen-bond donors (Lipinski definition) is 1. The van der Waals surface area contributed by atoms with Crippen LogP contribution >= 0.6 is 15.9 Å². The van der Waals surface area contributed by atoms with Gasteiger partial charge in [0, 0.05) is 5.69 Å². The highest BCUT2D eigenvalue weighted by atomic mass is 79.9. The van der Waals surface area contributed by atoms with Crippen molar-refractivity contribution in [2.24, 2.45) is 0 Å². The van der Waals surface area contributed by atoms with Crippen molar-refractivity contribution >= 4 is 44.4 Å². The van der Waals surface area contributed by atoms with E-state index in [-0.39, 0.29) is 5.57 Å². The molecule has 1 amide bonds. The zero-order valence-electron chi connectivity index (χ0n) is 18.9. The van der Waals surface area contributed by atoms with Gasteiger partial charge < -0.3 is 10.1 Å². The first-order valence-corrected chi connectivity index (χ1v) is 11.6. The van der Waals surface area contributed by atoms with Crippen LogP contribution in [-0.2, 0) is 11.4 Å². The Bertz CT molecular complexity index is 1450. The zero-order valence-corrected chi connectivity index (χ0v) is 20.5. The van der Waals surface area contributed by atoms with Crippen LogP contribution in [0.3, 0.4) is 0 Å². The molecule has 0 spiro atoms. The summed E-state index contributed by atoms with van der Waals surface area (Å²) in [4.78, 5) is 12.6. The zero-order chi connectivity index (χ0) is 24.1. The SMILES string of the molecule is Cc1ccc(NC(=O)/C(C#N)=C/c2ccc(OCc3cccc4ccccc34)c(Br)c2)cc1C. The fourth-order valence-electron chi connectivity index (χ4n) is 3.63. The van der Waals surface area contributed by atoms with E-state index in [2.05, 4.69) is 45.5 Å². The number of benzene rings is 4. The molecule has 0 fully saturated rings. The smallest absolute Gasteiger partial charge is 0.266 e. The number of ether oxygens (including phenoxy) is 1. The maximum Gasteiger partial charge on any atom is 0.266 e. The highest BCUT2D eigenvalue weighted by molar-refractivity contribution is 9.10. The van der Waals surface area contributed by atoms with Crippen molar-refractivity contribution in [3.8, 4) is 11.8 Å². The van der Waals surface area contributed by atoms with Crippen LogP contribution in [0, 0.1) is 25.2 Å². The molecule has 4 aromatic carbocycles. The molecule has 4 nitrogen and oxygen atoms in total. The standard InChI is InChI=1S/C29H23BrN2O2/c1-19-10-12-25(14-20(19)2)32-29(33)24(17-31)15-21-11-13-28(27(30)16-21)34-18-23-8-5-7-22-6-3-4-9-26(22)23/h3-16H,18H2,1-2H3,(H,32,33)/b24-15+. The fourth-order valence-corrected chi connectivity index (χ4v) is 4.14. The summed E-state index contributed by atoms with van der Waals surface area (Å²) in [5, 5.41) is 14.7. The molecule has 0 unspecified atom stereocenters. The van der Waals surface area contributed by atoms with Crippen LogP contribution in [-0.4, -0.2) is 5.91 Å². The highest BCUT2D eigenvalue weighted by Gasteiger charge is 2.11. The summed E-state index contributed by atoms with van der Waals surface area (Å²) in [6.07, 6.45) is 1.57. The Kier molecular flexibility index (Phi) is 7.10. The summed E-state index contributed by atoms with van der Waals surface area (Å²) in [7, 11) is 0. The summed E-state index contributed by atoms with van der Waals surface area (Å²) >= 11 is 3.55. The predicted octanol–water partition coefficient (Wildman–Crippen LogP) is 7.34. The number of aryl methyl sites for hydroxylation is 2. The summed E-state index contributed by atoms with van der Waals surface area (Å²) in [6, 6.07) is 27.5. The van der Waals surface area contributed by atoms with Crippen molar-refractivity contribution in [1.82, 2.24) is 0 Å². The number of nitrogens with one attached hydrogen (secondary N) is 1. The normalized spacial score (nSPS) is 11.2. The Hall–Kier alpha value is -3.88. The number of rotatable bonds is 6. The number of carbonyl (C=O) groups excluding carboxylic acids is 1. The molecule has 4 rings (SSSR count). The van der Waals surface area contributed by atoms with Crippen LogP contribution < -0.4 is 10.1 Å². The number of halogens is 1. The molecule has 0 aliphatic carbocycles. The first kappa shape index (κ1) is 23.3. The molecule has 0 aromatic heterocycles. The number of nitriles is 1. The average Bonchev–Trinajstić information content (AvgIpc) is 2.84.